The number of hydrogen-bond donors (Lipinski definition) is 2. The van der Waals surface area contributed by atoms with Gasteiger partial charge in [0.05, 0.1) is 7.11 Å². The van der Waals surface area contributed by atoms with E-state index < -0.39 is 0 Å². The van der Waals surface area contributed by atoms with Crippen LogP contribution in [0.2, 0.25) is 0 Å². The molecule has 0 radical (unpaired) electrons. The fourth-order valence-electron chi connectivity index (χ4n) is 1.60. The molecule has 0 atom stereocenters. The topological polar surface area (TPSA) is 68.3 Å². The first-order valence-electron chi connectivity index (χ1n) is 6.71. The summed E-state index contributed by atoms with van der Waals surface area (Å²) in [6.45, 7) is 4.56. The van der Waals surface area contributed by atoms with E-state index in [9.17, 15) is 0 Å². The van der Waals surface area contributed by atoms with Crippen molar-refractivity contribution < 1.29 is 9.47 Å². The van der Waals surface area contributed by atoms with E-state index in [0.29, 0.717) is 17.4 Å². The summed E-state index contributed by atoms with van der Waals surface area (Å²) in [6.07, 6.45) is 4.74. The number of methoxy groups -OCH3 is 1. The van der Waals surface area contributed by atoms with Gasteiger partial charge in [0.15, 0.2) is 11.6 Å². The highest BCUT2D eigenvalue weighted by atomic mass is 16.5. The number of nitrogens with one attached hydrogen (secondary N) is 2. The monoisotopic (exact) mass is 268 g/mol. The lowest BCUT2D eigenvalue weighted by Crippen LogP contribution is -2.10. The van der Waals surface area contributed by atoms with E-state index in [1.807, 2.05) is 0 Å². The average molecular weight is 268 g/mol. The number of aromatic nitrogens is 2. The molecule has 19 heavy (non-hydrogen) atoms. The molecule has 1 rings (SSSR count). The van der Waals surface area contributed by atoms with Gasteiger partial charge in [0, 0.05) is 26.8 Å². The summed E-state index contributed by atoms with van der Waals surface area (Å²) in [5.41, 5.74) is 0. The van der Waals surface area contributed by atoms with Gasteiger partial charge in [-0.1, -0.05) is 13.3 Å². The minimum absolute atomic E-state index is 0.636. The van der Waals surface area contributed by atoms with Crippen molar-refractivity contribution in [1.29, 1.82) is 0 Å². The van der Waals surface area contributed by atoms with E-state index in [4.69, 9.17) is 9.47 Å². The van der Waals surface area contributed by atoms with E-state index in [2.05, 4.69) is 27.5 Å². The van der Waals surface area contributed by atoms with E-state index in [1.54, 1.807) is 14.2 Å². The summed E-state index contributed by atoms with van der Waals surface area (Å²) >= 11 is 0. The average Bonchev–Trinajstić information content (AvgIpc) is 2.45. The second-order valence-electron chi connectivity index (χ2n) is 4.10. The molecule has 1 heterocycles. The van der Waals surface area contributed by atoms with Gasteiger partial charge in [-0.15, -0.1) is 0 Å². The summed E-state index contributed by atoms with van der Waals surface area (Å²) < 4.78 is 10.8. The van der Waals surface area contributed by atoms with Crippen LogP contribution in [0, 0.1) is 0 Å². The minimum atomic E-state index is 0.636. The molecule has 0 fully saturated rings. The third kappa shape index (κ3) is 5.30. The lowest BCUT2D eigenvalue weighted by molar-refractivity contribution is 0.131. The molecule has 6 nitrogen and oxygen atoms in total. The Balaban J connectivity index is 2.33. The molecule has 0 saturated heterocycles. The van der Waals surface area contributed by atoms with Crippen molar-refractivity contribution in [3.8, 4) is 5.75 Å². The number of hydrogen-bond acceptors (Lipinski definition) is 6. The summed E-state index contributed by atoms with van der Waals surface area (Å²) in [5.74, 6) is 2.02. The molecule has 0 aliphatic carbocycles. The second-order valence-corrected chi connectivity index (χ2v) is 4.10. The predicted molar refractivity (Wildman–Crippen MR) is 77.0 cm³/mol. The van der Waals surface area contributed by atoms with Gasteiger partial charge in [-0.05, 0) is 12.8 Å². The Bertz CT molecular complexity index is 360. The maximum atomic E-state index is 5.50. The largest absolute Gasteiger partial charge is 0.490 e. The fraction of sp³-hybridized carbons (Fsp3) is 0.692. The van der Waals surface area contributed by atoms with Crippen molar-refractivity contribution in [2.75, 3.05) is 44.5 Å². The third-order valence-electron chi connectivity index (χ3n) is 2.64. The summed E-state index contributed by atoms with van der Waals surface area (Å²) in [5, 5.41) is 6.20. The Hall–Kier alpha value is -1.56. The van der Waals surface area contributed by atoms with Crippen molar-refractivity contribution in [1.82, 2.24) is 9.97 Å². The molecule has 0 bridgehead atoms. The fourth-order valence-corrected chi connectivity index (χ4v) is 1.60. The molecule has 108 valence electrons. The van der Waals surface area contributed by atoms with Crippen LogP contribution in [0.1, 0.15) is 26.2 Å². The van der Waals surface area contributed by atoms with Gasteiger partial charge in [0.25, 0.3) is 0 Å². The second kappa shape index (κ2) is 9.38. The molecule has 0 spiro atoms. The van der Waals surface area contributed by atoms with Gasteiger partial charge < -0.3 is 20.1 Å². The zero-order valence-corrected chi connectivity index (χ0v) is 12.0. The van der Waals surface area contributed by atoms with E-state index in [1.165, 1.54) is 12.7 Å². The number of ether oxygens (including phenoxy) is 2. The molecule has 6 heteroatoms. The van der Waals surface area contributed by atoms with Crippen molar-refractivity contribution in [3.63, 3.8) is 0 Å². The number of nitrogens with zero attached hydrogens (tertiary/aromatic N) is 2. The lowest BCUT2D eigenvalue weighted by atomic mass is 10.3. The Labute approximate surface area is 114 Å². The number of rotatable bonds is 10. The zero-order valence-electron chi connectivity index (χ0n) is 12.0. The predicted octanol–water partition coefficient (Wildman–Crippen LogP) is 2.15. The SMILES string of the molecule is CCCCOCCCNc1ncnc(NC)c1OC. The smallest absolute Gasteiger partial charge is 0.204 e. The van der Waals surface area contributed by atoms with Crippen molar-refractivity contribution in [2.24, 2.45) is 0 Å². The number of unbranched alkanes of at least 4 members (excludes halogenated alkanes) is 1. The van der Waals surface area contributed by atoms with E-state index in [-0.39, 0.29) is 0 Å². The molecular formula is C13H24N4O2. The Morgan fingerprint density at radius 2 is 1.89 bits per heavy atom. The normalized spacial score (nSPS) is 10.3. The third-order valence-corrected chi connectivity index (χ3v) is 2.64. The van der Waals surface area contributed by atoms with E-state index >= 15 is 0 Å². The van der Waals surface area contributed by atoms with Crippen molar-refractivity contribution in [2.45, 2.75) is 26.2 Å². The summed E-state index contributed by atoms with van der Waals surface area (Å²) in [4.78, 5) is 8.27. The van der Waals surface area contributed by atoms with Crippen LogP contribution in [0.5, 0.6) is 5.75 Å². The quantitative estimate of drug-likeness (QED) is 0.634. The standard InChI is InChI=1S/C13H24N4O2/c1-4-5-8-19-9-6-7-15-13-11(18-3)12(14-2)16-10-17-13/h10H,4-9H2,1-3H3,(H2,14,15,16,17). The highest BCUT2D eigenvalue weighted by Crippen LogP contribution is 2.28. The van der Waals surface area contributed by atoms with Gasteiger partial charge in [-0.25, -0.2) is 9.97 Å². The molecule has 1 aromatic rings. The molecule has 0 aliphatic heterocycles. The summed E-state index contributed by atoms with van der Waals surface area (Å²) in [6, 6.07) is 0. The highest BCUT2D eigenvalue weighted by Gasteiger charge is 2.09. The first-order valence-corrected chi connectivity index (χ1v) is 6.71. The molecule has 0 aliphatic rings. The number of anilines is 2. The first kappa shape index (κ1) is 15.5. The van der Waals surface area contributed by atoms with Gasteiger partial charge in [-0.2, -0.15) is 0 Å². The van der Waals surface area contributed by atoms with Gasteiger partial charge >= 0.3 is 0 Å². The molecule has 1 aromatic heterocycles. The van der Waals surface area contributed by atoms with Crippen LogP contribution in [-0.2, 0) is 4.74 Å². The Kier molecular flexibility index (Phi) is 7.65. The minimum Gasteiger partial charge on any atom is -0.490 e. The van der Waals surface area contributed by atoms with E-state index in [0.717, 1.165) is 32.6 Å². The van der Waals surface area contributed by atoms with Crippen LogP contribution in [0.15, 0.2) is 6.33 Å². The van der Waals surface area contributed by atoms with Crippen LogP contribution in [0.4, 0.5) is 11.6 Å². The van der Waals surface area contributed by atoms with Gasteiger partial charge in [0.2, 0.25) is 5.75 Å². The van der Waals surface area contributed by atoms with Crippen LogP contribution in [0.3, 0.4) is 0 Å². The maximum Gasteiger partial charge on any atom is 0.204 e. The Morgan fingerprint density at radius 3 is 2.58 bits per heavy atom. The van der Waals surface area contributed by atoms with Crippen molar-refractivity contribution in [3.05, 3.63) is 6.33 Å². The van der Waals surface area contributed by atoms with Gasteiger partial charge in [-0.3, -0.25) is 0 Å². The zero-order chi connectivity index (χ0) is 13.9. The molecule has 0 aromatic carbocycles. The molecule has 0 unspecified atom stereocenters. The molecular weight excluding hydrogens is 244 g/mol. The molecule has 0 saturated carbocycles. The highest BCUT2D eigenvalue weighted by molar-refractivity contribution is 5.63. The van der Waals surface area contributed by atoms with Crippen LogP contribution in [0.25, 0.3) is 0 Å². The first-order chi connectivity index (χ1) is 9.33. The lowest BCUT2D eigenvalue weighted by Gasteiger charge is -2.12. The van der Waals surface area contributed by atoms with Crippen molar-refractivity contribution >= 4 is 11.6 Å². The molecule has 0 amide bonds. The Morgan fingerprint density at radius 1 is 1.16 bits per heavy atom. The molecule has 2 N–H and O–H groups in total. The van der Waals surface area contributed by atoms with Crippen LogP contribution >= 0.6 is 0 Å². The van der Waals surface area contributed by atoms with Crippen LogP contribution < -0.4 is 15.4 Å². The van der Waals surface area contributed by atoms with Crippen LogP contribution in [-0.4, -0.2) is 43.9 Å². The maximum absolute atomic E-state index is 5.50. The van der Waals surface area contributed by atoms with Gasteiger partial charge in [0.1, 0.15) is 6.33 Å². The summed E-state index contributed by atoms with van der Waals surface area (Å²) in [7, 11) is 3.41.